The topological polar surface area (TPSA) is 32.8 Å². The Labute approximate surface area is 97.5 Å². The van der Waals surface area contributed by atoms with Crippen LogP contribution in [0, 0.1) is 0 Å². The second-order valence-electron chi connectivity index (χ2n) is 5.13. The first-order valence-electron chi connectivity index (χ1n) is 6.21. The lowest BCUT2D eigenvalue weighted by Crippen LogP contribution is -2.52. The highest BCUT2D eigenvalue weighted by atomic mass is 16.5. The molecule has 0 aromatic carbocycles. The molecule has 4 heteroatoms. The van der Waals surface area contributed by atoms with E-state index in [2.05, 4.69) is 18.7 Å². The second-order valence-corrected chi connectivity index (χ2v) is 5.13. The molecule has 2 atom stereocenters. The lowest BCUT2D eigenvalue weighted by Gasteiger charge is -2.37. The van der Waals surface area contributed by atoms with E-state index in [1.807, 2.05) is 11.9 Å². The number of nitrogens with zero attached hydrogens (tertiary/aromatic N) is 2. The van der Waals surface area contributed by atoms with Crippen molar-refractivity contribution in [2.24, 2.45) is 0 Å². The lowest BCUT2D eigenvalue weighted by atomic mass is 10.0. The maximum absolute atomic E-state index is 11.6. The monoisotopic (exact) mass is 226 g/mol. The summed E-state index contributed by atoms with van der Waals surface area (Å²) in [5, 5.41) is 0. The van der Waals surface area contributed by atoms with Crippen molar-refractivity contribution in [2.75, 3.05) is 26.7 Å². The van der Waals surface area contributed by atoms with Crippen molar-refractivity contribution in [1.29, 1.82) is 0 Å². The highest BCUT2D eigenvalue weighted by Crippen LogP contribution is 2.23. The molecule has 0 unspecified atom stereocenters. The summed E-state index contributed by atoms with van der Waals surface area (Å²) in [6.45, 7) is 6.87. The number of amides is 1. The van der Waals surface area contributed by atoms with Crippen LogP contribution in [0.1, 0.15) is 26.7 Å². The first-order valence-corrected chi connectivity index (χ1v) is 6.21. The number of ether oxygens (including phenoxy) is 1. The summed E-state index contributed by atoms with van der Waals surface area (Å²) in [6.07, 6.45) is 2.32. The molecule has 0 aliphatic carbocycles. The Balaban J connectivity index is 2.03. The molecule has 4 nitrogen and oxygen atoms in total. The number of fused-ring (bicyclic) bond motifs is 1. The maximum Gasteiger partial charge on any atom is 0.248 e. The van der Waals surface area contributed by atoms with Gasteiger partial charge in [0, 0.05) is 26.2 Å². The second kappa shape index (κ2) is 4.72. The molecule has 2 heterocycles. The lowest BCUT2D eigenvalue weighted by molar-refractivity contribution is -0.154. The number of likely N-dealkylation sites (tertiary alicyclic amines) is 1. The van der Waals surface area contributed by atoms with Gasteiger partial charge >= 0.3 is 0 Å². The summed E-state index contributed by atoms with van der Waals surface area (Å²) < 4.78 is 5.65. The van der Waals surface area contributed by atoms with Gasteiger partial charge in [-0.1, -0.05) is 0 Å². The SMILES string of the molecule is CC(C)N1CC[C@@H]2OCC(=O)N(C)[C@H]2CC1. The Hall–Kier alpha value is -0.610. The fourth-order valence-electron chi connectivity index (χ4n) is 2.70. The van der Waals surface area contributed by atoms with Crippen molar-refractivity contribution in [3.8, 4) is 0 Å². The number of hydrogen-bond donors (Lipinski definition) is 0. The van der Waals surface area contributed by atoms with Crippen LogP contribution >= 0.6 is 0 Å². The van der Waals surface area contributed by atoms with Crippen molar-refractivity contribution in [1.82, 2.24) is 9.80 Å². The molecular formula is C12H22N2O2. The summed E-state index contributed by atoms with van der Waals surface area (Å²) >= 11 is 0. The van der Waals surface area contributed by atoms with E-state index >= 15 is 0 Å². The predicted molar refractivity (Wildman–Crippen MR) is 62.2 cm³/mol. The van der Waals surface area contributed by atoms with Gasteiger partial charge in [0.25, 0.3) is 0 Å². The molecule has 92 valence electrons. The van der Waals surface area contributed by atoms with Gasteiger partial charge in [0.05, 0.1) is 12.1 Å². The predicted octanol–water partition coefficient (Wildman–Crippen LogP) is 0.716. The van der Waals surface area contributed by atoms with E-state index in [4.69, 9.17) is 4.74 Å². The van der Waals surface area contributed by atoms with Gasteiger partial charge in [0.2, 0.25) is 5.91 Å². The van der Waals surface area contributed by atoms with Gasteiger partial charge in [-0.3, -0.25) is 4.79 Å². The van der Waals surface area contributed by atoms with Gasteiger partial charge in [-0.05, 0) is 26.7 Å². The molecule has 2 rings (SSSR count). The van der Waals surface area contributed by atoms with Crippen molar-refractivity contribution in [3.05, 3.63) is 0 Å². The standard InChI is InChI=1S/C12H22N2O2/c1-9(2)14-6-4-10-11(5-7-14)16-8-12(15)13(10)3/h9-11H,4-8H2,1-3H3/t10-,11-/m0/s1. The summed E-state index contributed by atoms with van der Waals surface area (Å²) in [5.74, 6) is 0.124. The fraction of sp³-hybridized carbons (Fsp3) is 0.917. The zero-order valence-corrected chi connectivity index (χ0v) is 10.5. The Kier molecular flexibility index (Phi) is 3.50. The van der Waals surface area contributed by atoms with Crippen LogP contribution in [-0.2, 0) is 9.53 Å². The summed E-state index contributed by atoms with van der Waals surface area (Å²) in [7, 11) is 1.91. The normalized spacial score (nSPS) is 32.8. The first-order chi connectivity index (χ1) is 7.59. The van der Waals surface area contributed by atoms with Gasteiger partial charge in [-0.2, -0.15) is 0 Å². The molecule has 0 saturated carbocycles. The molecular weight excluding hydrogens is 204 g/mol. The highest BCUT2D eigenvalue weighted by molar-refractivity contribution is 5.78. The highest BCUT2D eigenvalue weighted by Gasteiger charge is 2.36. The van der Waals surface area contributed by atoms with E-state index < -0.39 is 0 Å². The Bertz CT molecular complexity index is 268. The molecule has 2 aliphatic rings. The minimum absolute atomic E-state index is 0.124. The van der Waals surface area contributed by atoms with Crippen LogP contribution in [0.4, 0.5) is 0 Å². The third-order valence-corrected chi connectivity index (χ3v) is 3.88. The van der Waals surface area contributed by atoms with E-state index in [0.717, 1.165) is 25.9 Å². The van der Waals surface area contributed by atoms with E-state index in [-0.39, 0.29) is 24.7 Å². The largest absolute Gasteiger partial charge is 0.366 e. The molecule has 0 spiro atoms. The van der Waals surface area contributed by atoms with Crippen LogP contribution in [-0.4, -0.2) is 60.6 Å². The fourth-order valence-corrected chi connectivity index (χ4v) is 2.70. The van der Waals surface area contributed by atoms with E-state index in [0.29, 0.717) is 6.04 Å². The van der Waals surface area contributed by atoms with Crippen molar-refractivity contribution < 1.29 is 9.53 Å². The molecule has 2 saturated heterocycles. The van der Waals surface area contributed by atoms with Crippen LogP contribution in [0.15, 0.2) is 0 Å². The van der Waals surface area contributed by atoms with Gasteiger partial charge < -0.3 is 14.5 Å². The summed E-state index contributed by atoms with van der Waals surface area (Å²) in [5.41, 5.74) is 0. The molecule has 2 aliphatic heterocycles. The van der Waals surface area contributed by atoms with E-state index in [9.17, 15) is 4.79 Å². The van der Waals surface area contributed by atoms with Crippen molar-refractivity contribution >= 4 is 5.91 Å². The minimum Gasteiger partial charge on any atom is -0.366 e. The summed E-state index contributed by atoms with van der Waals surface area (Å²) in [4.78, 5) is 15.9. The molecule has 0 aromatic rings. The molecule has 0 N–H and O–H groups in total. The first kappa shape index (κ1) is 11.9. The average Bonchev–Trinajstić information content (AvgIpc) is 2.46. The zero-order valence-electron chi connectivity index (χ0n) is 10.5. The van der Waals surface area contributed by atoms with Crippen molar-refractivity contribution in [2.45, 2.75) is 44.9 Å². The quantitative estimate of drug-likeness (QED) is 0.660. The molecule has 0 radical (unpaired) electrons. The molecule has 16 heavy (non-hydrogen) atoms. The van der Waals surface area contributed by atoms with Crippen molar-refractivity contribution in [3.63, 3.8) is 0 Å². The van der Waals surface area contributed by atoms with Crippen LogP contribution in [0.5, 0.6) is 0 Å². The summed E-state index contributed by atoms with van der Waals surface area (Å²) in [6, 6.07) is 0.867. The van der Waals surface area contributed by atoms with Crippen LogP contribution < -0.4 is 0 Å². The Morgan fingerprint density at radius 2 is 2.00 bits per heavy atom. The molecule has 0 aromatic heterocycles. The third kappa shape index (κ3) is 2.23. The van der Waals surface area contributed by atoms with Crippen LogP contribution in [0.2, 0.25) is 0 Å². The number of rotatable bonds is 1. The smallest absolute Gasteiger partial charge is 0.248 e. The Morgan fingerprint density at radius 3 is 2.69 bits per heavy atom. The van der Waals surface area contributed by atoms with Gasteiger partial charge in [0.1, 0.15) is 6.61 Å². The average molecular weight is 226 g/mol. The number of carbonyl (C=O) groups excluding carboxylic acids is 1. The Morgan fingerprint density at radius 1 is 1.31 bits per heavy atom. The van der Waals surface area contributed by atoms with Gasteiger partial charge in [0.15, 0.2) is 0 Å². The molecule has 0 bridgehead atoms. The zero-order chi connectivity index (χ0) is 11.7. The van der Waals surface area contributed by atoms with Crippen LogP contribution in [0.3, 0.4) is 0 Å². The molecule has 2 fully saturated rings. The number of hydrogen-bond acceptors (Lipinski definition) is 3. The molecule has 1 amide bonds. The van der Waals surface area contributed by atoms with Gasteiger partial charge in [-0.15, -0.1) is 0 Å². The number of carbonyl (C=O) groups is 1. The minimum atomic E-state index is 0.124. The number of morpholine rings is 1. The number of likely N-dealkylation sites (N-methyl/N-ethyl adjacent to an activating group) is 1. The van der Waals surface area contributed by atoms with E-state index in [1.165, 1.54) is 0 Å². The van der Waals surface area contributed by atoms with E-state index in [1.54, 1.807) is 0 Å². The maximum atomic E-state index is 11.6. The van der Waals surface area contributed by atoms with Crippen LogP contribution in [0.25, 0.3) is 0 Å². The van der Waals surface area contributed by atoms with Gasteiger partial charge in [-0.25, -0.2) is 0 Å². The third-order valence-electron chi connectivity index (χ3n) is 3.88.